The maximum atomic E-state index is 12.5. The molecule has 134 valence electrons. The molecule has 0 aromatic heterocycles. The summed E-state index contributed by atoms with van der Waals surface area (Å²) in [6.45, 7) is 5.20. The zero-order chi connectivity index (χ0) is 17.0. The Kier molecular flexibility index (Phi) is 5.99. The minimum atomic E-state index is -3.26. The minimum absolute atomic E-state index is 0.544. The fraction of sp³-hybridized carbons (Fsp3) is 0.625. The van der Waals surface area contributed by atoms with E-state index in [2.05, 4.69) is 4.90 Å². The second-order valence-corrected chi connectivity index (χ2v) is 8.47. The first kappa shape index (κ1) is 17.9. The average Bonchev–Trinajstić information content (AvgIpc) is 3.12. The molecule has 3 rings (SSSR count). The van der Waals surface area contributed by atoms with Gasteiger partial charge in [0, 0.05) is 45.8 Å². The van der Waals surface area contributed by atoms with Crippen LogP contribution in [-0.4, -0.2) is 74.3 Å². The number of hydrogen-bond donors (Lipinski definition) is 0. The van der Waals surface area contributed by atoms with Gasteiger partial charge < -0.3 is 4.74 Å². The molecule has 0 aliphatic carbocycles. The number of ether oxygens (including phenoxy) is 1. The number of para-hydroxylation sites is 1. The Balaban J connectivity index is 1.43. The van der Waals surface area contributed by atoms with Gasteiger partial charge in [0.25, 0.3) is 10.2 Å². The van der Waals surface area contributed by atoms with Gasteiger partial charge in [0.1, 0.15) is 12.4 Å². The van der Waals surface area contributed by atoms with E-state index in [1.54, 1.807) is 14.7 Å². The molecule has 0 spiro atoms. The molecule has 2 aliphatic heterocycles. The van der Waals surface area contributed by atoms with Crippen molar-refractivity contribution in [1.82, 2.24) is 13.5 Å². The molecule has 1 aromatic rings. The van der Waals surface area contributed by atoms with Crippen molar-refractivity contribution in [3.63, 3.8) is 0 Å². The van der Waals surface area contributed by atoms with Crippen molar-refractivity contribution in [2.24, 2.45) is 0 Å². The van der Waals surface area contributed by atoms with Crippen LogP contribution in [0.1, 0.15) is 12.8 Å². The largest absolute Gasteiger partial charge is 0.491 e. The van der Waals surface area contributed by atoms with E-state index < -0.39 is 10.2 Å². The van der Waals surface area contributed by atoms with Crippen molar-refractivity contribution >= 4 is 21.8 Å². The van der Waals surface area contributed by atoms with Gasteiger partial charge in [0.15, 0.2) is 0 Å². The van der Waals surface area contributed by atoms with Crippen LogP contribution in [0.4, 0.5) is 0 Å². The van der Waals surface area contributed by atoms with Gasteiger partial charge in [-0.25, -0.2) is 0 Å². The molecule has 2 heterocycles. The second-order valence-electron chi connectivity index (χ2n) is 6.13. The predicted molar refractivity (Wildman–Crippen MR) is 94.7 cm³/mol. The first-order valence-corrected chi connectivity index (χ1v) is 10.2. The van der Waals surface area contributed by atoms with Gasteiger partial charge >= 0.3 is 0 Å². The van der Waals surface area contributed by atoms with Crippen molar-refractivity contribution in [3.05, 3.63) is 29.3 Å². The van der Waals surface area contributed by atoms with E-state index in [0.717, 1.165) is 32.5 Å². The number of nitrogens with zero attached hydrogens (tertiary/aromatic N) is 3. The molecule has 0 radical (unpaired) electrons. The van der Waals surface area contributed by atoms with E-state index in [1.165, 1.54) is 0 Å². The summed E-state index contributed by atoms with van der Waals surface area (Å²) in [7, 11) is -3.26. The minimum Gasteiger partial charge on any atom is -0.491 e. The fourth-order valence-electron chi connectivity index (χ4n) is 3.11. The van der Waals surface area contributed by atoms with Crippen molar-refractivity contribution < 1.29 is 13.2 Å². The van der Waals surface area contributed by atoms with Gasteiger partial charge in [0.2, 0.25) is 0 Å². The molecule has 24 heavy (non-hydrogen) atoms. The molecule has 0 N–H and O–H groups in total. The van der Waals surface area contributed by atoms with Crippen molar-refractivity contribution in [1.29, 1.82) is 0 Å². The number of hydrogen-bond acceptors (Lipinski definition) is 4. The van der Waals surface area contributed by atoms with E-state index >= 15 is 0 Å². The Bertz CT molecular complexity index is 642. The van der Waals surface area contributed by atoms with Crippen molar-refractivity contribution in [2.45, 2.75) is 12.8 Å². The molecular weight excluding hydrogens is 350 g/mol. The third kappa shape index (κ3) is 4.21. The molecule has 2 aliphatic rings. The van der Waals surface area contributed by atoms with Gasteiger partial charge in [0.05, 0.1) is 5.02 Å². The molecule has 0 unspecified atom stereocenters. The van der Waals surface area contributed by atoms with E-state index in [4.69, 9.17) is 16.3 Å². The lowest BCUT2D eigenvalue weighted by molar-refractivity contribution is 0.155. The lowest BCUT2D eigenvalue weighted by atomic mass is 10.3. The molecule has 1 aromatic carbocycles. The molecule has 0 amide bonds. The quantitative estimate of drug-likeness (QED) is 0.761. The first-order valence-electron chi connectivity index (χ1n) is 8.42. The van der Waals surface area contributed by atoms with Crippen LogP contribution in [0.5, 0.6) is 5.75 Å². The number of benzene rings is 1. The predicted octanol–water partition coefficient (Wildman–Crippen LogP) is 1.68. The highest BCUT2D eigenvalue weighted by molar-refractivity contribution is 7.86. The van der Waals surface area contributed by atoms with Crippen molar-refractivity contribution in [3.8, 4) is 5.75 Å². The lowest BCUT2D eigenvalue weighted by Crippen LogP contribution is -2.53. The molecular formula is C16H24ClN3O3S. The summed E-state index contributed by atoms with van der Waals surface area (Å²) >= 11 is 6.06. The van der Waals surface area contributed by atoms with Gasteiger partial charge in [-0.1, -0.05) is 23.7 Å². The fourth-order valence-corrected chi connectivity index (χ4v) is 4.97. The molecule has 0 atom stereocenters. The molecule has 6 nitrogen and oxygen atoms in total. The average molecular weight is 374 g/mol. The second kappa shape index (κ2) is 8.01. The van der Waals surface area contributed by atoms with E-state index in [9.17, 15) is 8.42 Å². The summed E-state index contributed by atoms with van der Waals surface area (Å²) in [6, 6.07) is 7.42. The Morgan fingerprint density at radius 3 is 2.25 bits per heavy atom. The standard InChI is InChI=1S/C16H24ClN3O3S/c17-15-5-1-2-6-16(15)23-14-13-18-9-11-20(12-10-18)24(21,22)19-7-3-4-8-19/h1-2,5-6H,3-4,7-14H2. The van der Waals surface area contributed by atoms with Crippen LogP contribution in [0, 0.1) is 0 Å². The van der Waals surface area contributed by atoms with Gasteiger partial charge in [-0.05, 0) is 25.0 Å². The molecule has 0 bridgehead atoms. The third-order valence-electron chi connectivity index (χ3n) is 4.55. The summed E-state index contributed by atoms with van der Waals surface area (Å²) in [5, 5.41) is 0.610. The summed E-state index contributed by atoms with van der Waals surface area (Å²) in [4.78, 5) is 2.23. The Morgan fingerprint density at radius 2 is 1.58 bits per heavy atom. The number of rotatable bonds is 6. The molecule has 2 saturated heterocycles. The molecule has 8 heteroatoms. The van der Waals surface area contributed by atoms with Crippen LogP contribution in [0.3, 0.4) is 0 Å². The maximum absolute atomic E-state index is 12.5. The zero-order valence-electron chi connectivity index (χ0n) is 13.7. The van der Waals surface area contributed by atoms with Crippen LogP contribution in [0.25, 0.3) is 0 Å². The van der Waals surface area contributed by atoms with Gasteiger partial charge in [-0.15, -0.1) is 0 Å². The van der Waals surface area contributed by atoms with Crippen LogP contribution < -0.4 is 4.74 Å². The highest BCUT2D eigenvalue weighted by atomic mass is 35.5. The Labute approximate surface area is 149 Å². The summed E-state index contributed by atoms with van der Waals surface area (Å²) in [5.41, 5.74) is 0. The summed E-state index contributed by atoms with van der Waals surface area (Å²) in [6.07, 6.45) is 1.94. The van der Waals surface area contributed by atoms with Crippen LogP contribution >= 0.6 is 11.6 Å². The lowest BCUT2D eigenvalue weighted by Gasteiger charge is -2.35. The van der Waals surface area contributed by atoms with Crippen molar-refractivity contribution in [2.75, 3.05) is 52.4 Å². The summed E-state index contributed by atoms with van der Waals surface area (Å²) in [5.74, 6) is 0.689. The highest BCUT2D eigenvalue weighted by Gasteiger charge is 2.33. The SMILES string of the molecule is O=S(=O)(N1CCCC1)N1CCN(CCOc2ccccc2Cl)CC1. The third-order valence-corrected chi connectivity index (χ3v) is 6.90. The smallest absolute Gasteiger partial charge is 0.282 e. The molecule has 0 saturated carbocycles. The highest BCUT2D eigenvalue weighted by Crippen LogP contribution is 2.23. The summed E-state index contributed by atoms with van der Waals surface area (Å²) < 4.78 is 34.0. The van der Waals surface area contributed by atoms with Crippen LogP contribution in [0.2, 0.25) is 5.02 Å². The van der Waals surface area contributed by atoms with Crippen LogP contribution in [0.15, 0.2) is 24.3 Å². The van der Waals surface area contributed by atoms with E-state index in [1.807, 2.05) is 18.2 Å². The molecule has 2 fully saturated rings. The number of piperazine rings is 1. The van der Waals surface area contributed by atoms with Gasteiger partial charge in [-0.3, -0.25) is 4.90 Å². The Hall–Kier alpha value is -0.860. The Morgan fingerprint density at radius 1 is 0.958 bits per heavy atom. The number of halogens is 1. The first-order chi connectivity index (χ1) is 11.6. The normalized spacial score (nSPS) is 21.2. The zero-order valence-corrected chi connectivity index (χ0v) is 15.3. The monoisotopic (exact) mass is 373 g/mol. The van der Waals surface area contributed by atoms with Crippen LogP contribution in [-0.2, 0) is 10.2 Å². The van der Waals surface area contributed by atoms with Gasteiger partial charge in [-0.2, -0.15) is 17.0 Å². The maximum Gasteiger partial charge on any atom is 0.282 e. The van der Waals surface area contributed by atoms with E-state index in [0.29, 0.717) is 43.6 Å². The topological polar surface area (TPSA) is 53.1 Å². The van der Waals surface area contributed by atoms with E-state index in [-0.39, 0.29) is 0 Å².